The molecule has 3 nitrogen and oxygen atoms in total. The van der Waals surface area contributed by atoms with Crippen molar-refractivity contribution in [3.63, 3.8) is 0 Å². The van der Waals surface area contributed by atoms with E-state index in [1.165, 1.54) is 5.69 Å². The van der Waals surface area contributed by atoms with Gasteiger partial charge in [0.25, 0.3) is 0 Å². The van der Waals surface area contributed by atoms with E-state index in [1.54, 1.807) is 0 Å². The van der Waals surface area contributed by atoms with Gasteiger partial charge < -0.3 is 9.67 Å². The van der Waals surface area contributed by atoms with Crippen molar-refractivity contribution in [2.45, 2.75) is 39.5 Å². The van der Waals surface area contributed by atoms with Crippen LogP contribution in [0.15, 0.2) is 0 Å². The minimum Gasteiger partial charge on any atom is -0.396 e. The van der Waals surface area contributed by atoms with Gasteiger partial charge in [0.1, 0.15) is 5.82 Å². The Morgan fingerprint density at radius 1 is 1.36 bits per heavy atom. The van der Waals surface area contributed by atoms with E-state index in [4.69, 9.17) is 5.11 Å². The molecular formula is C11H20N2O. The van der Waals surface area contributed by atoms with Crippen molar-refractivity contribution in [1.29, 1.82) is 0 Å². The molecule has 0 saturated carbocycles. The average Bonchev–Trinajstić information content (AvgIpc) is 2.26. The van der Waals surface area contributed by atoms with Gasteiger partial charge in [-0.25, -0.2) is 4.98 Å². The Balaban J connectivity index is 3.18. The van der Waals surface area contributed by atoms with E-state index in [9.17, 15) is 0 Å². The third-order valence-electron chi connectivity index (χ3n) is 2.41. The van der Waals surface area contributed by atoms with E-state index in [0.717, 1.165) is 11.5 Å². The zero-order valence-electron chi connectivity index (χ0n) is 9.76. The van der Waals surface area contributed by atoms with Crippen LogP contribution in [0.25, 0.3) is 0 Å². The lowest BCUT2D eigenvalue weighted by Gasteiger charge is -2.20. The summed E-state index contributed by atoms with van der Waals surface area (Å²) in [5.41, 5.74) is 2.43. The average molecular weight is 196 g/mol. The summed E-state index contributed by atoms with van der Waals surface area (Å²) < 4.78 is 2.10. The molecule has 3 heteroatoms. The first-order valence-corrected chi connectivity index (χ1v) is 5.01. The lowest BCUT2D eigenvalue weighted by atomic mass is 9.91. The Hall–Kier alpha value is -0.830. The van der Waals surface area contributed by atoms with E-state index in [1.807, 2.05) is 14.0 Å². The van der Waals surface area contributed by atoms with Crippen molar-refractivity contribution >= 4 is 0 Å². The molecule has 80 valence electrons. The lowest BCUT2D eigenvalue weighted by molar-refractivity contribution is 0.295. The maximum atomic E-state index is 8.89. The zero-order valence-corrected chi connectivity index (χ0v) is 9.76. The third-order valence-corrected chi connectivity index (χ3v) is 2.41. The van der Waals surface area contributed by atoms with Crippen LogP contribution < -0.4 is 0 Å². The van der Waals surface area contributed by atoms with Gasteiger partial charge in [-0.1, -0.05) is 20.8 Å². The van der Waals surface area contributed by atoms with Gasteiger partial charge in [0.15, 0.2) is 0 Å². The lowest BCUT2D eigenvalue weighted by Crippen LogP contribution is -2.18. The summed E-state index contributed by atoms with van der Waals surface area (Å²) in [4.78, 5) is 4.47. The van der Waals surface area contributed by atoms with Gasteiger partial charge in [-0.2, -0.15) is 0 Å². The van der Waals surface area contributed by atoms with E-state index in [2.05, 4.69) is 30.3 Å². The Kier molecular flexibility index (Phi) is 3.00. The smallest absolute Gasteiger partial charge is 0.111 e. The van der Waals surface area contributed by atoms with Gasteiger partial charge in [-0.05, 0) is 6.92 Å². The highest BCUT2D eigenvalue weighted by molar-refractivity contribution is 5.23. The van der Waals surface area contributed by atoms with E-state index in [0.29, 0.717) is 6.42 Å². The first-order chi connectivity index (χ1) is 6.38. The van der Waals surface area contributed by atoms with Crippen LogP contribution in [0.5, 0.6) is 0 Å². The van der Waals surface area contributed by atoms with Crippen molar-refractivity contribution in [2.24, 2.45) is 7.05 Å². The number of aliphatic hydroxyl groups excluding tert-OH is 1. The summed E-state index contributed by atoms with van der Waals surface area (Å²) in [5, 5.41) is 8.89. The molecule has 0 fully saturated rings. The maximum Gasteiger partial charge on any atom is 0.111 e. The van der Waals surface area contributed by atoms with Crippen molar-refractivity contribution in [2.75, 3.05) is 6.61 Å². The number of hydrogen-bond acceptors (Lipinski definition) is 2. The van der Waals surface area contributed by atoms with Crippen LogP contribution in [-0.4, -0.2) is 21.3 Å². The molecule has 0 bridgehead atoms. The molecule has 0 aliphatic rings. The Bertz CT molecular complexity index is 321. The molecule has 0 amide bonds. The summed E-state index contributed by atoms with van der Waals surface area (Å²) >= 11 is 0. The molecule has 0 radical (unpaired) electrons. The number of imidazole rings is 1. The first-order valence-electron chi connectivity index (χ1n) is 5.01. The van der Waals surface area contributed by atoms with Gasteiger partial charge >= 0.3 is 0 Å². The fourth-order valence-corrected chi connectivity index (χ4v) is 2.06. The fourth-order valence-electron chi connectivity index (χ4n) is 2.06. The SMILES string of the molecule is Cc1nc(CCO)n(C)c1C(C)(C)C. The second-order valence-corrected chi connectivity index (χ2v) is 4.74. The maximum absolute atomic E-state index is 8.89. The van der Waals surface area contributed by atoms with Gasteiger partial charge in [0, 0.05) is 24.6 Å². The highest BCUT2D eigenvalue weighted by atomic mass is 16.3. The number of aromatic nitrogens is 2. The monoisotopic (exact) mass is 196 g/mol. The number of aryl methyl sites for hydroxylation is 1. The van der Waals surface area contributed by atoms with Crippen LogP contribution in [-0.2, 0) is 18.9 Å². The van der Waals surface area contributed by atoms with Crippen LogP contribution in [0.2, 0.25) is 0 Å². The number of nitrogens with zero attached hydrogens (tertiary/aromatic N) is 2. The van der Waals surface area contributed by atoms with Crippen molar-refractivity contribution in [1.82, 2.24) is 9.55 Å². The molecule has 1 aromatic heterocycles. The fraction of sp³-hybridized carbons (Fsp3) is 0.727. The highest BCUT2D eigenvalue weighted by Crippen LogP contribution is 2.25. The topological polar surface area (TPSA) is 38.1 Å². The molecule has 0 unspecified atom stereocenters. The van der Waals surface area contributed by atoms with Gasteiger partial charge in [-0.15, -0.1) is 0 Å². The standard InChI is InChI=1S/C11H20N2O/c1-8-10(11(2,3)4)13(5)9(12-8)6-7-14/h14H,6-7H2,1-5H3. The molecule has 1 aromatic rings. The van der Waals surface area contributed by atoms with E-state index >= 15 is 0 Å². The second-order valence-electron chi connectivity index (χ2n) is 4.74. The van der Waals surface area contributed by atoms with Gasteiger partial charge in [-0.3, -0.25) is 0 Å². The molecule has 0 aliphatic carbocycles. The summed E-state index contributed by atoms with van der Waals surface area (Å²) in [6.07, 6.45) is 0.632. The molecule has 0 spiro atoms. The van der Waals surface area contributed by atoms with Crippen LogP contribution in [0.4, 0.5) is 0 Å². The normalized spacial score (nSPS) is 12.1. The number of hydrogen-bond donors (Lipinski definition) is 1. The quantitative estimate of drug-likeness (QED) is 0.779. The molecule has 14 heavy (non-hydrogen) atoms. The summed E-state index contributed by atoms with van der Waals surface area (Å²) in [6.45, 7) is 8.73. The Morgan fingerprint density at radius 3 is 2.29 bits per heavy atom. The molecule has 0 aliphatic heterocycles. The molecule has 0 aromatic carbocycles. The van der Waals surface area contributed by atoms with Crippen molar-refractivity contribution in [3.8, 4) is 0 Å². The summed E-state index contributed by atoms with van der Waals surface area (Å²) in [7, 11) is 2.02. The summed E-state index contributed by atoms with van der Waals surface area (Å²) in [6, 6.07) is 0. The number of rotatable bonds is 2. The van der Waals surface area contributed by atoms with Crippen molar-refractivity contribution in [3.05, 3.63) is 17.2 Å². The van der Waals surface area contributed by atoms with E-state index in [-0.39, 0.29) is 12.0 Å². The second kappa shape index (κ2) is 3.73. The Labute approximate surface area is 85.8 Å². The van der Waals surface area contributed by atoms with Crippen LogP contribution in [0, 0.1) is 6.92 Å². The molecule has 0 atom stereocenters. The third kappa shape index (κ3) is 1.98. The van der Waals surface area contributed by atoms with Gasteiger partial charge in [0.05, 0.1) is 12.3 Å². The van der Waals surface area contributed by atoms with Crippen LogP contribution in [0.3, 0.4) is 0 Å². The van der Waals surface area contributed by atoms with Crippen LogP contribution >= 0.6 is 0 Å². The molecule has 0 saturated heterocycles. The summed E-state index contributed by atoms with van der Waals surface area (Å²) in [5.74, 6) is 0.968. The predicted octanol–water partition coefficient (Wildman–Crippen LogP) is 1.56. The molecular weight excluding hydrogens is 176 g/mol. The minimum atomic E-state index is 0.111. The van der Waals surface area contributed by atoms with Crippen LogP contribution in [0.1, 0.15) is 38.0 Å². The number of aliphatic hydroxyl groups is 1. The molecule has 1 rings (SSSR count). The highest BCUT2D eigenvalue weighted by Gasteiger charge is 2.22. The Morgan fingerprint density at radius 2 is 1.93 bits per heavy atom. The van der Waals surface area contributed by atoms with Gasteiger partial charge in [0.2, 0.25) is 0 Å². The van der Waals surface area contributed by atoms with E-state index < -0.39 is 0 Å². The largest absolute Gasteiger partial charge is 0.396 e. The predicted molar refractivity (Wildman–Crippen MR) is 57.4 cm³/mol. The molecule has 1 N–H and O–H groups in total. The zero-order chi connectivity index (χ0) is 10.9. The minimum absolute atomic E-state index is 0.111. The first kappa shape index (κ1) is 11.2. The van der Waals surface area contributed by atoms with Crippen molar-refractivity contribution < 1.29 is 5.11 Å². The molecule has 1 heterocycles.